The molecule has 0 amide bonds. The van der Waals surface area contributed by atoms with E-state index in [1.165, 1.54) is 7.11 Å². The van der Waals surface area contributed by atoms with Crippen molar-refractivity contribution in [2.75, 3.05) is 12.4 Å². The van der Waals surface area contributed by atoms with Crippen molar-refractivity contribution >= 4 is 5.69 Å². The van der Waals surface area contributed by atoms with E-state index in [-0.39, 0.29) is 17.7 Å². The number of nitrogens with zero attached hydrogens (tertiary/aromatic N) is 1. The molecule has 3 nitrogen and oxygen atoms in total. The van der Waals surface area contributed by atoms with E-state index in [4.69, 9.17) is 10.00 Å². The minimum Gasteiger partial charge on any atom is -0.495 e. The fourth-order valence-corrected chi connectivity index (χ4v) is 1.81. The largest absolute Gasteiger partial charge is 0.495 e. The molecular weight excluding hydrogens is 262 g/mol. The van der Waals surface area contributed by atoms with Crippen LogP contribution in [0.15, 0.2) is 36.4 Å². The standard InChI is InChI=1S/C15H12F2N2O/c1-20-15-5-3-2-4-14(15)19-9-11-12(16)6-10(8-18)7-13(11)17/h2-7,19H,9H2,1H3. The smallest absolute Gasteiger partial charge is 0.141 e. The highest BCUT2D eigenvalue weighted by Crippen LogP contribution is 2.24. The van der Waals surface area contributed by atoms with Gasteiger partial charge in [0.2, 0.25) is 0 Å². The number of hydrogen-bond acceptors (Lipinski definition) is 3. The highest BCUT2D eigenvalue weighted by atomic mass is 19.1. The SMILES string of the molecule is COc1ccccc1NCc1c(F)cc(C#N)cc1F. The van der Waals surface area contributed by atoms with Gasteiger partial charge in [-0.05, 0) is 24.3 Å². The minimum absolute atomic E-state index is 0.0379. The number of rotatable bonds is 4. The lowest BCUT2D eigenvalue weighted by molar-refractivity contribution is 0.416. The first-order valence-electron chi connectivity index (χ1n) is 5.90. The predicted molar refractivity (Wildman–Crippen MR) is 71.4 cm³/mol. The first-order valence-corrected chi connectivity index (χ1v) is 5.90. The fraction of sp³-hybridized carbons (Fsp3) is 0.133. The van der Waals surface area contributed by atoms with Crippen LogP contribution in [0.3, 0.4) is 0 Å². The van der Waals surface area contributed by atoms with E-state index in [0.29, 0.717) is 11.4 Å². The zero-order chi connectivity index (χ0) is 14.5. The van der Waals surface area contributed by atoms with Crippen molar-refractivity contribution in [2.24, 2.45) is 0 Å². The molecule has 102 valence electrons. The number of nitriles is 1. The molecule has 2 rings (SSSR count). The van der Waals surface area contributed by atoms with Gasteiger partial charge in [-0.3, -0.25) is 0 Å². The third-order valence-electron chi connectivity index (χ3n) is 2.83. The average Bonchev–Trinajstić information content (AvgIpc) is 2.46. The van der Waals surface area contributed by atoms with E-state index in [2.05, 4.69) is 5.32 Å². The Morgan fingerprint density at radius 3 is 2.45 bits per heavy atom. The van der Waals surface area contributed by atoms with Crippen molar-refractivity contribution in [3.63, 3.8) is 0 Å². The zero-order valence-corrected chi connectivity index (χ0v) is 10.8. The Hall–Kier alpha value is -2.61. The summed E-state index contributed by atoms with van der Waals surface area (Å²) in [5, 5.41) is 11.5. The highest BCUT2D eigenvalue weighted by Gasteiger charge is 2.12. The molecule has 1 N–H and O–H groups in total. The van der Waals surface area contributed by atoms with E-state index >= 15 is 0 Å². The summed E-state index contributed by atoms with van der Waals surface area (Å²) < 4.78 is 32.6. The van der Waals surface area contributed by atoms with Gasteiger partial charge in [-0.25, -0.2) is 8.78 Å². The number of para-hydroxylation sites is 2. The van der Waals surface area contributed by atoms with Gasteiger partial charge in [-0.15, -0.1) is 0 Å². The normalized spacial score (nSPS) is 9.90. The summed E-state index contributed by atoms with van der Waals surface area (Å²) >= 11 is 0. The molecule has 0 aliphatic heterocycles. The Balaban J connectivity index is 2.22. The van der Waals surface area contributed by atoms with Crippen molar-refractivity contribution in [1.29, 1.82) is 5.26 Å². The number of benzene rings is 2. The lowest BCUT2D eigenvalue weighted by Crippen LogP contribution is -2.06. The molecule has 0 heterocycles. The minimum atomic E-state index is -0.746. The van der Waals surface area contributed by atoms with Crippen molar-refractivity contribution in [3.05, 3.63) is 59.2 Å². The molecule has 0 bridgehead atoms. The molecule has 0 radical (unpaired) electrons. The van der Waals surface area contributed by atoms with E-state index in [1.54, 1.807) is 30.3 Å². The summed E-state index contributed by atoms with van der Waals surface area (Å²) in [5.41, 5.74) is 0.481. The quantitative estimate of drug-likeness (QED) is 0.928. The summed E-state index contributed by atoms with van der Waals surface area (Å²) in [5.74, 6) is -0.908. The maximum absolute atomic E-state index is 13.7. The Morgan fingerprint density at radius 2 is 1.85 bits per heavy atom. The third kappa shape index (κ3) is 2.86. The van der Waals surface area contributed by atoms with Crippen molar-refractivity contribution < 1.29 is 13.5 Å². The summed E-state index contributed by atoms with van der Waals surface area (Å²) in [6, 6.07) is 10.8. The molecule has 5 heteroatoms. The van der Waals surface area contributed by atoms with E-state index in [1.807, 2.05) is 0 Å². The number of halogens is 2. The van der Waals surface area contributed by atoms with Crippen LogP contribution in [0.4, 0.5) is 14.5 Å². The van der Waals surface area contributed by atoms with Gasteiger partial charge >= 0.3 is 0 Å². The number of methoxy groups -OCH3 is 1. The van der Waals surface area contributed by atoms with Crippen molar-refractivity contribution in [1.82, 2.24) is 0 Å². The maximum atomic E-state index is 13.7. The van der Waals surface area contributed by atoms with Gasteiger partial charge in [0.1, 0.15) is 17.4 Å². The third-order valence-corrected chi connectivity index (χ3v) is 2.83. The molecule has 0 saturated carbocycles. The van der Waals surface area contributed by atoms with Gasteiger partial charge in [0, 0.05) is 12.1 Å². The molecule has 0 aliphatic carbocycles. The van der Waals surface area contributed by atoms with Crippen LogP contribution < -0.4 is 10.1 Å². The molecule has 0 unspecified atom stereocenters. The lowest BCUT2D eigenvalue weighted by Gasteiger charge is -2.12. The van der Waals surface area contributed by atoms with Crippen molar-refractivity contribution in [2.45, 2.75) is 6.54 Å². The molecule has 0 aliphatic rings. The summed E-state index contributed by atoms with van der Waals surface area (Å²) in [6.07, 6.45) is 0. The van der Waals surface area contributed by atoms with Crippen LogP contribution in [0.25, 0.3) is 0 Å². The van der Waals surface area contributed by atoms with Gasteiger partial charge in [-0.1, -0.05) is 12.1 Å². The molecular formula is C15H12F2N2O. The van der Waals surface area contributed by atoms with Crippen LogP contribution in [-0.2, 0) is 6.54 Å². The molecule has 0 saturated heterocycles. The van der Waals surface area contributed by atoms with Gasteiger partial charge in [-0.2, -0.15) is 5.26 Å². The summed E-state index contributed by atoms with van der Waals surface area (Å²) in [4.78, 5) is 0. The van der Waals surface area contributed by atoms with E-state index < -0.39 is 11.6 Å². The zero-order valence-electron chi connectivity index (χ0n) is 10.8. The number of hydrogen-bond donors (Lipinski definition) is 1. The van der Waals surface area contributed by atoms with Crippen LogP contribution in [0.1, 0.15) is 11.1 Å². The monoisotopic (exact) mass is 274 g/mol. The Bertz CT molecular complexity index is 642. The van der Waals surface area contributed by atoms with Crippen LogP contribution in [0.2, 0.25) is 0 Å². The lowest BCUT2D eigenvalue weighted by atomic mass is 10.1. The Kier molecular flexibility index (Phi) is 4.16. The first kappa shape index (κ1) is 13.8. The van der Waals surface area contributed by atoms with Crippen LogP contribution in [0.5, 0.6) is 5.75 Å². The fourth-order valence-electron chi connectivity index (χ4n) is 1.81. The summed E-state index contributed by atoms with van der Waals surface area (Å²) in [6.45, 7) is -0.0379. The second-order valence-electron chi connectivity index (χ2n) is 4.08. The number of anilines is 1. The maximum Gasteiger partial charge on any atom is 0.141 e. The Labute approximate surface area is 115 Å². The molecule has 0 atom stereocenters. The highest BCUT2D eigenvalue weighted by molar-refractivity contribution is 5.56. The molecule has 20 heavy (non-hydrogen) atoms. The second-order valence-corrected chi connectivity index (χ2v) is 4.08. The average molecular weight is 274 g/mol. The van der Waals surface area contributed by atoms with E-state index in [0.717, 1.165) is 12.1 Å². The number of ether oxygens (including phenoxy) is 1. The van der Waals surface area contributed by atoms with Gasteiger partial charge < -0.3 is 10.1 Å². The predicted octanol–water partition coefficient (Wildman–Crippen LogP) is 3.46. The molecule has 0 aromatic heterocycles. The molecule has 0 fully saturated rings. The molecule has 0 spiro atoms. The number of nitrogens with one attached hydrogen (secondary N) is 1. The summed E-state index contributed by atoms with van der Waals surface area (Å²) in [7, 11) is 1.52. The van der Waals surface area contributed by atoms with Crippen LogP contribution >= 0.6 is 0 Å². The van der Waals surface area contributed by atoms with E-state index in [9.17, 15) is 8.78 Å². The van der Waals surface area contributed by atoms with Gasteiger partial charge in [0.15, 0.2) is 0 Å². The molecule has 2 aromatic carbocycles. The van der Waals surface area contributed by atoms with Gasteiger partial charge in [0.25, 0.3) is 0 Å². The topological polar surface area (TPSA) is 45.0 Å². The first-order chi connectivity index (χ1) is 9.65. The van der Waals surface area contributed by atoms with Crippen LogP contribution in [-0.4, -0.2) is 7.11 Å². The van der Waals surface area contributed by atoms with Gasteiger partial charge in [0.05, 0.1) is 24.4 Å². The molecule has 2 aromatic rings. The second kappa shape index (κ2) is 6.02. The van der Waals surface area contributed by atoms with Crippen molar-refractivity contribution in [3.8, 4) is 11.8 Å². The Morgan fingerprint density at radius 1 is 1.20 bits per heavy atom. The van der Waals surface area contributed by atoms with Crippen LogP contribution in [0, 0.1) is 23.0 Å².